The van der Waals surface area contributed by atoms with Crippen molar-refractivity contribution in [2.24, 2.45) is 0 Å². The first-order valence-corrected chi connectivity index (χ1v) is 8.17. The number of benzene rings is 1. The van der Waals surface area contributed by atoms with Gasteiger partial charge in [0.1, 0.15) is 12.7 Å². The summed E-state index contributed by atoms with van der Waals surface area (Å²) >= 11 is 0. The van der Waals surface area contributed by atoms with Gasteiger partial charge in [0.15, 0.2) is 0 Å². The molecule has 2 aromatic rings. The molecule has 2 heterocycles. The predicted molar refractivity (Wildman–Crippen MR) is 87.8 cm³/mol. The molecule has 1 atom stereocenters. The largest absolute Gasteiger partial charge is 0.334 e. The standard InChI is InChI=1S/C17H23N5O/c1-14-6-4-5-9-22(14)17(23)19-10-15-7-2-3-8-16(15)11-21-13-18-12-20-21/h2-3,7-8,12-14H,4-6,9-11H2,1H3,(H,19,23). The zero-order chi connectivity index (χ0) is 16.1. The quantitative estimate of drug-likeness (QED) is 0.943. The fourth-order valence-electron chi connectivity index (χ4n) is 3.05. The topological polar surface area (TPSA) is 63.1 Å². The molecule has 1 aliphatic heterocycles. The third-order valence-electron chi connectivity index (χ3n) is 4.41. The number of nitrogens with zero attached hydrogens (tertiary/aromatic N) is 4. The van der Waals surface area contributed by atoms with Crippen molar-refractivity contribution < 1.29 is 4.79 Å². The molecule has 1 aliphatic rings. The number of rotatable bonds is 4. The molecule has 1 aromatic carbocycles. The highest BCUT2D eigenvalue weighted by Crippen LogP contribution is 2.16. The molecule has 1 fully saturated rings. The number of carbonyl (C=O) groups is 1. The molecule has 6 heteroatoms. The highest BCUT2D eigenvalue weighted by atomic mass is 16.2. The number of hydrogen-bond donors (Lipinski definition) is 1. The second kappa shape index (κ2) is 7.26. The Morgan fingerprint density at radius 2 is 2.13 bits per heavy atom. The van der Waals surface area contributed by atoms with Crippen molar-refractivity contribution in [3.8, 4) is 0 Å². The Morgan fingerprint density at radius 3 is 2.87 bits per heavy atom. The molecule has 1 saturated heterocycles. The molecule has 0 saturated carbocycles. The Hall–Kier alpha value is -2.37. The van der Waals surface area contributed by atoms with Crippen LogP contribution in [0.25, 0.3) is 0 Å². The van der Waals surface area contributed by atoms with Gasteiger partial charge in [-0.1, -0.05) is 24.3 Å². The Morgan fingerprint density at radius 1 is 1.30 bits per heavy atom. The predicted octanol–water partition coefficient (Wildman–Crippen LogP) is 2.41. The lowest BCUT2D eigenvalue weighted by Crippen LogP contribution is -2.47. The van der Waals surface area contributed by atoms with Gasteiger partial charge in [0.25, 0.3) is 0 Å². The minimum atomic E-state index is 0.0350. The van der Waals surface area contributed by atoms with Crippen LogP contribution in [0.3, 0.4) is 0 Å². The summed E-state index contributed by atoms with van der Waals surface area (Å²) < 4.78 is 1.79. The summed E-state index contributed by atoms with van der Waals surface area (Å²) in [5.74, 6) is 0. The lowest BCUT2D eigenvalue weighted by Gasteiger charge is -2.33. The van der Waals surface area contributed by atoms with E-state index in [1.807, 2.05) is 23.1 Å². The maximum absolute atomic E-state index is 12.4. The second-order valence-corrected chi connectivity index (χ2v) is 6.06. The number of nitrogens with one attached hydrogen (secondary N) is 1. The summed E-state index contributed by atoms with van der Waals surface area (Å²) in [4.78, 5) is 18.3. The number of amides is 2. The monoisotopic (exact) mass is 313 g/mol. The van der Waals surface area contributed by atoms with Crippen LogP contribution >= 0.6 is 0 Å². The molecule has 0 bridgehead atoms. The van der Waals surface area contributed by atoms with Gasteiger partial charge in [0.2, 0.25) is 0 Å². The third kappa shape index (κ3) is 3.88. The normalized spacial score (nSPS) is 18.0. The van der Waals surface area contributed by atoms with Crippen molar-refractivity contribution in [1.82, 2.24) is 25.0 Å². The zero-order valence-electron chi connectivity index (χ0n) is 13.5. The number of carbonyl (C=O) groups excluding carboxylic acids is 1. The first kappa shape index (κ1) is 15.5. The third-order valence-corrected chi connectivity index (χ3v) is 4.41. The second-order valence-electron chi connectivity index (χ2n) is 6.06. The molecule has 0 aliphatic carbocycles. The highest BCUT2D eigenvalue weighted by Gasteiger charge is 2.22. The summed E-state index contributed by atoms with van der Waals surface area (Å²) in [5, 5.41) is 7.20. The molecule has 1 N–H and O–H groups in total. The van der Waals surface area contributed by atoms with Crippen molar-refractivity contribution in [2.45, 2.75) is 45.3 Å². The Balaban J connectivity index is 1.62. The van der Waals surface area contributed by atoms with E-state index in [0.717, 1.165) is 30.5 Å². The van der Waals surface area contributed by atoms with E-state index < -0.39 is 0 Å². The van der Waals surface area contributed by atoms with Crippen LogP contribution in [0.4, 0.5) is 4.79 Å². The Labute approximate surface area is 136 Å². The fraction of sp³-hybridized carbons (Fsp3) is 0.471. The van der Waals surface area contributed by atoms with Gasteiger partial charge in [-0.25, -0.2) is 14.5 Å². The van der Waals surface area contributed by atoms with E-state index in [4.69, 9.17) is 0 Å². The van der Waals surface area contributed by atoms with E-state index in [0.29, 0.717) is 19.1 Å². The molecule has 2 amide bonds. The van der Waals surface area contributed by atoms with E-state index in [2.05, 4.69) is 28.4 Å². The SMILES string of the molecule is CC1CCCCN1C(=O)NCc1ccccc1Cn1cncn1. The summed E-state index contributed by atoms with van der Waals surface area (Å²) in [7, 11) is 0. The Kier molecular flexibility index (Phi) is 4.90. The molecular weight excluding hydrogens is 290 g/mol. The molecule has 0 radical (unpaired) electrons. The van der Waals surface area contributed by atoms with Crippen LogP contribution in [-0.4, -0.2) is 38.3 Å². The molecule has 3 rings (SSSR count). The zero-order valence-corrected chi connectivity index (χ0v) is 13.5. The molecular formula is C17H23N5O. The molecule has 6 nitrogen and oxygen atoms in total. The van der Waals surface area contributed by atoms with E-state index in [-0.39, 0.29) is 6.03 Å². The van der Waals surface area contributed by atoms with Gasteiger partial charge in [-0.3, -0.25) is 0 Å². The van der Waals surface area contributed by atoms with Gasteiger partial charge in [-0.15, -0.1) is 0 Å². The van der Waals surface area contributed by atoms with Crippen LogP contribution < -0.4 is 5.32 Å². The first-order chi connectivity index (χ1) is 11.2. The average Bonchev–Trinajstić information content (AvgIpc) is 3.07. The van der Waals surface area contributed by atoms with E-state index in [1.54, 1.807) is 11.0 Å². The lowest BCUT2D eigenvalue weighted by atomic mass is 10.0. The van der Waals surface area contributed by atoms with Crippen molar-refractivity contribution in [3.63, 3.8) is 0 Å². The first-order valence-electron chi connectivity index (χ1n) is 8.17. The fourth-order valence-corrected chi connectivity index (χ4v) is 3.05. The summed E-state index contributed by atoms with van der Waals surface area (Å²) in [6.07, 6.45) is 6.63. The van der Waals surface area contributed by atoms with E-state index >= 15 is 0 Å². The molecule has 0 spiro atoms. The van der Waals surface area contributed by atoms with Gasteiger partial charge in [0.05, 0.1) is 6.54 Å². The maximum atomic E-state index is 12.4. The van der Waals surface area contributed by atoms with E-state index in [9.17, 15) is 4.79 Å². The highest BCUT2D eigenvalue weighted by molar-refractivity contribution is 5.74. The molecule has 1 aromatic heterocycles. The lowest BCUT2D eigenvalue weighted by molar-refractivity contribution is 0.158. The smallest absolute Gasteiger partial charge is 0.317 e. The molecule has 122 valence electrons. The van der Waals surface area contributed by atoms with Crippen LogP contribution in [0, 0.1) is 0 Å². The number of aromatic nitrogens is 3. The van der Waals surface area contributed by atoms with Crippen LogP contribution in [0.1, 0.15) is 37.3 Å². The minimum absolute atomic E-state index is 0.0350. The van der Waals surface area contributed by atoms with Crippen molar-refractivity contribution in [3.05, 3.63) is 48.0 Å². The van der Waals surface area contributed by atoms with Gasteiger partial charge < -0.3 is 10.2 Å². The van der Waals surface area contributed by atoms with Crippen molar-refractivity contribution in [2.75, 3.05) is 6.54 Å². The van der Waals surface area contributed by atoms with Crippen LogP contribution in [0.2, 0.25) is 0 Å². The van der Waals surface area contributed by atoms with Crippen LogP contribution in [-0.2, 0) is 13.1 Å². The van der Waals surface area contributed by atoms with E-state index in [1.165, 1.54) is 12.7 Å². The number of hydrogen-bond acceptors (Lipinski definition) is 3. The van der Waals surface area contributed by atoms with Gasteiger partial charge in [-0.05, 0) is 37.3 Å². The van der Waals surface area contributed by atoms with Crippen molar-refractivity contribution >= 4 is 6.03 Å². The number of piperidine rings is 1. The molecule has 23 heavy (non-hydrogen) atoms. The summed E-state index contributed by atoms with van der Waals surface area (Å²) in [5.41, 5.74) is 2.26. The average molecular weight is 313 g/mol. The van der Waals surface area contributed by atoms with Gasteiger partial charge >= 0.3 is 6.03 Å². The van der Waals surface area contributed by atoms with Crippen molar-refractivity contribution in [1.29, 1.82) is 0 Å². The summed E-state index contributed by atoms with van der Waals surface area (Å²) in [6, 6.07) is 8.47. The number of urea groups is 1. The minimum Gasteiger partial charge on any atom is -0.334 e. The Bertz CT molecular complexity index is 640. The van der Waals surface area contributed by atoms with Gasteiger partial charge in [-0.2, -0.15) is 5.10 Å². The van der Waals surface area contributed by atoms with Crippen LogP contribution in [0.5, 0.6) is 0 Å². The van der Waals surface area contributed by atoms with Gasteiger partial charge in [0, 0.05) is 19.1 Å². The summed E-state index contributed by atoms with van der Waals surface area (Å²) in [6.45, 7) is 4.17. The molecule has 1 unspecified atom stereocenters. The van der Waals surface area contributed by atoms with Crippen LogP contribution in [0.15, 0.2) is 36.9 Å². The number of likely N-dealkylation sites (tertiary alicyclic amines) is 1. The maximum Gasteiger partial charge on any atom is 0.317 e.